The Morgan fingerprint density at radius 2 is 1.81 bits per heavy atom. The van der Waals surface area contributed by atoms with Crippen LogP contribution in [0.25, 0.3) is 17.1 Å². The summed E-state index contributed by atoms with van der Waals surface area (Å²) >= 11 is 1.30. The highest BCUT2D eigenvalue weighted by molar-refractivity contribution is 7.99. The van der Waals surface area contributed by atoms with Crippen molar-refractivity contribution >= 4 is 23.9 Å². The molecule has 9 heteroatoms. The van der Waals surface area contributed by atoms with Gasteiger partial charge in [-0.1, -0.05) is 49.7 Å². The molecule has 184 valence electrons. The number of unbranched alkanes of at least 4 members (excludes halogenated alkanes) is 2. The van der Waals surface area contributed by atoms with E-state index < -0.39 is 0 Å². The van der Waals surface area contributed by atoms with E-state index in [1.54, 1.807) is 18.6 Å². The molecular formula is C27H28N6O2S. The van der Waals surface area contributed by atoms with Crippen molar-refractivity contribution in [3.05, 3.63) is 84.7 Å². The number of hydrogen-bond acceptors (Lipinski definition) is 7. The minimum atomic E-state index is -0.236. The Morgan fingerprint density at radius 1 is 1.03 bits per heavy atom. The van der Waals surface area contributed by atoms with E-state index in [0.717, 1.165) is 35.6 Å². The fourth-order valence-corrected chi connectivity index (χ4v) is 4.14. The van der Waals surface area contributed by atoms with Crippen molar-refractivity contribution in [3.8, 4) is 22.8 Å². The van der Waals surface area contributed by atoms with Crippen molar-refractivity contribution in [1.29, 1.82) is 0 Å². The van der Waals surface area contributed by atoms with Crippen molar-refractivity contribution in [1.82, 2.24) is 25.2 Å². The fraction of sp³-hybridized carbons (Fsp3) is 0.222. The number of para-hydroxylation sites is 1. The highest BCUT2D eigenvalue weighted by Crippen LogP contribution is 2.27. The van der Waals surface area contributed by atoms with Crippen molar-refractivity contribution < 1.29 is 9.53 Å². The number of pyridine rings is 1. The second-order valence-electron chi connectivity index (χ2n) is 7.92. The van der Waals surface area contributed by atoms with Gasteiger partial charge in [0, 0.05) is 23.6 Å². The number of nitrogens with zero attached hydrogens (tertiary/aromatic N) is 5. The summed E-state index contributed by atoms with van der Waals surface area (Å²) in [6, 6.07) is 21.2. The van der Waals surface area contributed by atoms with E-state index in [1.165, 1.54) is 24.6 Å². The van der Waals surface area contributed by atoms with Crippen molar-refractivity contribution in [2.75, 3.05) is 12.4 Å². The molecule has 0 fully saturated rings. The molecule has 1 N–H and O–H groups in total. The standard InChI is InChI=1S/C27H28N6O2S/c1-2-3-7-18-35-24-12-10-21(11-13-24)19-29-30-25(34)20-36-27-32-31-26(22-14-16-28-17-15-22)33(27)23-8-5-4-6-9-23/h4-6,8-17,19H,2-3,7,18,20H2,1H3,(H,30,34). The van der Waals surface area contributed by atoms with Crippen LogP contribution in [0.5, 0.6) is 5.75 Å². The molecule has 0 saturated heterocycles. The van der Waals surface area contributed by atoms with Gasteiger partial charge in [-0.15, -0.1) is 10.2 Å². The number of thioether (sulfide) groups is 1. The van der Waals surface area contributed by atoms with Crippen LogP contribution < -0.4 is 10.2 Å². The molecule has 0 atom stereocenters. The van der Waals surface area contributed by atoms with Gasteiger partial charge in [-0.25, -0.2) is 5.43 Å². The number of nitrogens with one attached hydrogen (secondary N) is 1. The van der Waals surface area contributed by atoms with E-state index in [4.69, 9.17) is 4.74 Å². The molecule has 36 heavy (non-hydrogen) atoms. The van der Waals surface area contributed by atoms with Gasteiger partial charge in [-0.3, -0.25) is 14.3 Å². The molecule has 0 aliphatic carbocycles. The molecule has 0 spiro atoms. The number of ether oxygens (including phenoxy) is 1. The molecule has 0 aliphatic rings. The van der Waals surface area contributed by atoms with Gasteiger partial charge >= 0.3 is 0 Å². The molecule has 2 aromatic carbocycles. The summed E-state index contributed by atoms with van der Waals surface area (Å²) < 4.78 is 7.65. The van der Waals surface area contributed by atoms with Gasteiger partial charge < -0.3 is 4.74 Å². The first-order chi connectivity index (χ1) is 17.7. The van der Waals surface area contributed by atoms with Gasteiger partial charge in [0.2, 0.25) is 0 Å². The zero-order chi connectivity index (χ0) is 25.0. The minimum absolute atomic E-state index is 0.142. The Bertz CT molecular complexity index is 1260. The Kier molecular flexibility index (Phi) is 9.21. The van der Waals surface area contributed by atoms with Gasteiger partial charge in [-0.05, 0) is 60.5 Å². The average molecular weight is 501 g/mol. The molecule has 0 saturated carbocycles. The molecular weight excluding hydrogens is 472 g/mol. The number of hydrogen-bond donors (Lipinski definition) is 1. The summed E-state index contributed by atoms with van der Waals surface area (Å²) in [4.78, 5) is 16.5. The van der Waals surface area contributed by atoms with Crippen LogP contribution in [0.1, 0.15) is 31.7 Å². The highest BCUT2D eigenvalue weighted by Gasteiger charge is 2.17. The number of benzene rings is 2. The Morgan fingerprint density at radius 3 is 2.56 bits per heavy atom. The van der Waals surface area contributed by atoms with E-state index in [9.17, 15) is 4.79 Å². The van der Waals surface area contributed by atoms with Gasteiger partial charge in [-0.2, -0.15) is 5.10 Å². The molecule has 4 aromatic rings. The molecule has 2 heterocycles. The molecule has 0 radical (unpaired) electrons. The summed E-state index contributed by atoms with van der Waals surface area (Å²) in [7, 11) is 0. The number of amides is 1. The van der Waals surface area contributed by atoms with Crippen molar-refractivity contribution in [2.45, 2.75) is 31.3 Å². The van der Waals surface area contributed by atoms with Crippen molar-refractivity contribution in [3.63, 3.8) is 0 Å². The zero-order valence-corrected chi connectivity index (χ0v) is 20.9. The normalized spacial score (nSPS) is 11.0. The lowest BCUT2D eigenvalue weighted by molar-refractivity contribution is -0.118. The lowest BCUT2D eigenvalue weighted by atomic mass is 10.2. The van der Waals surface area contributed by atoms with E-state index >= 15 is 0 Å². The third-order valence-electron chi connectivity index (χ3n) is 5.22. The Labute approximate surface area is 214 Å². The fourth-order valence-electron chi connectivity index (χ4n) is 3.39. The van der Waals surface area contributed by atoms with Crippen LogP contribution in [0.2, 0.25) is 0 Å². The van der Waals surface area contributed by atoms with E-state index in [1.807, 2.05) is 71.3 Å². The largest absolute Gasteiger partial charge is 0.494 e. The van der Waals surface area contributed by atoms with Crippen molar-refractivity contribution in [2.24, 2.45) is 5.10 Å². The quantitative estimate of drug-likeness (QED) is 0.125. The number of rotatable bonds is 12. The SMILES string of the molecule is CCCCCOc1ccc(C=NNC(=O)CSc2nnc(-c3ccncc3)n2-c2ccccc2)cc1. The lowest BCUT2D eigenvalue weighted by Crippen LogP contribution is -2.20. The van der Waals surface area contributed by atoms with Crippen LogP contribution in [0.3, 0.4) is 0 Å². The molecule has 2 aromatic heterocycles. The van der Waals surface area contributed by atoms with Gasteiger partial charge in [0.1, 0.15) is 5.75 Å². The zero-order valence-electron chi connectivity index (χ0n) is 20.1. The van der Waals surface area contributed by atoms with Gasteiger partial charge in [0.15, 0.2) is 11.0 Å². The average Bonchev–Trinajstić information content (AvgIpc) is 3.36. The van der Waals surface area contributed by atoms with Crippen LogP contribution in [0.4, 0.5) is 0 Å². The first-order valence-electron chi connectivity index (χ1n) is 11.8. The topological polar surface area (TPSA) is 94.3 Å². The van der Waals surface area contributed by atoms with E-state index in [2.05, 4.69) is 32.6 Å². The summed E-state index contributed by atoms with van der Waals surface area (Å²) in [5.74, 6) is 1.42. The molecule has 0 aliphatic heterocycles. The highest BCUT2D eigenvalue weighted by atomic mass is 32.2. The summed E-state index contributed by atoms with van der Waals surface area (Å²) in [5.41, 5.74) is 5.24. The molecule has 8 nitrogen and oxygen atoms in total. The molecule has 1 amide bonds. The lowest BCUT2D eigenvalue weighted by Gasteiger charge is -2.10. The predicted molar refractivity (Wildman–Crippen MR) is 143 cm³/mol. The summed E-state index contributed by atoms with van der Waals surface area (Å²) in [6.07, 6.45) is 8.42. The maximum absolute atomic E-state index is 12.4. The number of aromatic nitrogens is 4. The number of carbonyl (C=O) groups excluding carboxylic acids is 1. The van der Waals surface area contributed by atoms with Gasteiger partial charge in [0.05, 0.1) is 18.6 Å². The Balaban J connectivity index is 1.34. The minimum Gasteiger partial charge on any atom is -0.494 e. The van der Waals surface area contributed by atoms with E-state index in [-0.39, 0.29) is 11.7 Å². The third-order valence-corrected chi connectivity index (χ3v) is 6.15. The maximum Gasteiger partial charge on any atom is 0.250 e. The van der Waals surface area contributed by atoms with Crippen LogP contribution in [0, 0.1) is 0 Å². The first-order valence-corrected chi connectivity index (χ1v) is 12.8. The smallest absolute Gasteiger partial charge is 0.250 e. The summed E-state index contributed by atoms with van der Waals surface area (Å²) in [6.45, 7) is 2.89. The third kappa shape index (κ3) is 7.02. The number of carbonyl (C=O) groups is 1. The van der Waals surface area contributed by atoms with Crippen LogP contribution in [-0.4, -0.2) is 44.2 Å². The molecule has 4 rings (SSSR count). The summed E-state index contributed by atoms with van der Waals surface area (Å²) in [5, 5.41) is 13.4. The van der Waals surface area contributed by atoms with Gasteiger partial charge in [0.25, 0.3) is 5.91 Å². The predicted octanol–water partition coefficient (Wildman–Crippen LogP) is 5.14. The van der Waals surface area contributed by atoms with Crippen LogP contribution in [0.15, 0.2) is 89.4 Å². The second kappa shape index (κ2) is 13.2. The number of hydrazone groups is 1. The van der Waals surface area contributed by atoms with Crippen LogP contribution >= 0.6 is 11.8 Å². The van der Waals surface area contributed by atoms with Crippen LogP contribution in [-0.2, 0) is 4.79 Å². The molecule has 0 bridgehead atoms. The molecule has 0 unspecified atom stereocenters. The Hall–Kier alpha value is -3.98. The van der Waals surface area contributed by atoms with E-state index in [0.29, 0.717) is 11.0 Å². The first kappa shape index (κ1) is 25.1. The monoisotopic (exact) mass is 500 g/mol. The second-order valence-corrected chi connectivity index (χ2v) is 8.86. The maximum atomic E-state index is 12.4.